The molecule has 2 aromatic rings. The molecule has 0 radical (unpaired) electrons. The lowest BCUT2D eigenvalue weighted by molar-refractivity contribution is -0.385. The topological polar surface area (TPSA) is 80.4 Å². The monoisotopic (exact) mass is 337 g/mol. The van der Waals surface area contributed by atoms with Crippen LogP contribution in [-0.4, -0.2) is 16.0 Å². The Balaban J connectivity index is 2.51. The van der Waals surface area contributed by atoms with Crippen LogP contribution in [0.1, 0.15) is 16.7 Å². The van der Waals surface area contributed by atoms with Crippen LogP contribution in [0.4, 0.5) is 18.9 Å². The Morgan fingerprint density at radius 3 is 2.17 bits per heavy atom. The molecule has 2 aromatic carbocycles. The molecule has 2 rings (SSSR count). The maximum Gasteiger partial charge on any atom is 0.416 e. The molecular weight excluding hydrogens is 327 g/mol. The summed E-state index contributed by atoms with van der Waals surface area (Å²) in [5.41, 5.74) is -1.52. The number of hydrogen-bond donors (Lipinski definition) is 1. The van der Waals surface area contributed by atoms with E-state index < -0.39 is 22.6 Å². The molecule has 124 valence electrons. The van der Waals surface area contributed by atoms with Crippen LogP contribution in [0.5, 0.6) is 0 Å². The predicted octanol–water partition coefficient (Wildman–Crippen LogP) is 4.24. The van der Waals surface area contributed by atoms with Crippen molar-refractivity contribution in [1.29, 1.82) is 0 Å². The first kappa shape index (κ1) is 17.2. The lowest BCUT2D eigenvalue weighted by Crippen LogP contribution is -2.05. The second-order valence-electron chi connectivity index (χ2n) is 4.75. The third kappa shape index (κ3) is 3.78. The Kier molecular flexibility index (Phi) is 4.68. The summed E-state index contributed by atoms with van der Waals surface area (Å²) in [6.45, 7) is 0. The summed E-state index contributed by atoms with van der Waals surface area (Å²) in [5.74, 6) is -1.41. The second kappa shape index (κ2) is 6.53. The number of carboxylic acids is 1. The molecule has 5 nitrogen and oxygen atoms in total. The van der Waals surface area contributed by atoms with Crippen molar-refractivity contribution in [1.82, 2.24) is 0 Å². The van der Waals surface area contributed by atoms with Gasteiger partial charge in [-0.1, -0.05) is 24.3 Å². The molecule has 0 atom stereocenters. The van der Waals surface area contributed by atoms with Gasteiger partial charge in [0.25, 0.3) is 5.69 Å². The lowest BCUT2D eigenvalue weighted by atomic mass is 10.0. The van der Waals surface area contributed by atoms with E-state index in [1.807, 2.05) is 0 Å². The van der Waals surface area contributed by atoms with Crippen LogP contribution < -0.4 is 0 Å². The van der Waals surface area contributed by atoms with Crippen molar-refractivity contribution in [3.63, 3.8) is 0 Å². The highest BCUT2D eigenvalue weighted by molar-refractivity contribution is 6.20. The van der Waals surface area contributed by atoms with Gasteiger partial charge in [-0.3, -0.25) is 10.1 Å². The highest BCUT2D eigenvalue weighted by Gasteiger charge is 2.30. The number of halogens is 3. The van der Waals surface area contributed by atoms with E-state index in [9.17, 15) is 33.2 Å². The molecule has 0 bridgehead atoms. The van der Waals surface area contributed by atoms with Crippen molar-refractivity contribution in [3.8, 4) is 0 Å². The minimum Gasteiger partial charge on any atom is -0.478 e. The Morgan fingerprint density at radius 1 is 1.08 bits per heavy atom. The van der Waals surface area contributed by atoms with E-state index in [0.717, 1.165) is 30.3 Å². The molecule has 8 heteroatoms. The first-order valence-corrected chi connectivity index (χ1v) is 6.56. The van der Waals surface area contributed by atoms with Crippen molar-refractivity contribution >= 4 is 23.3 Å². The number of nitro benzene ring substituents is 1. The molecule has 24 heavy (non-hydrogen) atoms. The van der Waals surface area contributed by atoms with E-state index in [1.165, 1.54) is 24.3 Å². The summed E-state index contributed by atoms with van der Waals surface area (Å²) in [6.07, 6.45) is -3.48. The van der Waals surface area contributed by atoms with Crippen LogP contribution in [0.15, 0.2) is 48.5 Å². The normalized spacial score (nSPS) is 12.0. The van der Waals surface area contributed by atoms with E-state index in [0.29, 0.717) is 0 Å². The summed E-state index contributed by atoms with van der Waals surface area (Å²) in [6, 6.07) is 9.01. The van der Waals surface area contributed by atoms with Crippen LogP contribution >= 0.6 is 0 Å². The summed E-state index contributed by atoms with van der Waals surface area (Å²) >= 11 is 0. The molecule has 0 saturated carbocycles. The lowest BCUT2D eigenvalue weighted by Gasteiger charge is -2.08. The van der Waals surface area contributed by atoms with E-state index in [4.69, 9.17) is 0 Å². The fourth-order valence-corrected chi connectivity index (χ4v) is 2.04. The van der Waals surface area contributed by atoms with Crippen LogP contribution in [0.25, 0.3) is 11.6 Å². The predicted molar refractivity (Wildman–Crippen MR) is 80.0 cm³/mol. The number of nitro groups is 1. The molecule has 0 aliphatic rings. The minimum atomic E-state index is -4.54. The largest absolute Gasteiger partial charge is 0.478 e. The van der Waals surface area contributed by atoms with Crippen LogP contribution in [0, 0.1) is 10.1 Å². The van der Waals surface area contributed by atoms with Crippen LogP contribution in [0.2, 0.25) is 0 Å². The summed E-state index contributed by atoms with van der Waals surface area (Å²) < 4.78 is 37.7. The summed E-state index contributed by atoms with van der Waals surface area (Å²) in [4.78, 5) is 21.7. The molecule has 0 aliphatic heterocycles. The molecule has 0 aromatic heterocycles. The zero-order valence-corrected chi connectivity index (χ0v) is 11.9. The molecule has 0 amide bonds. The average molecular weight is 337 g/mol. The summed E-state index contributed by atoms with van der Waals surface area (Å²) in [5, 5.41) is 20.3. The zero-order chi connectivity index (χ0) is 17.9. The number of aliphatic carboxylic acids is 1. The quantitative estimate of drug-likeness (QED) is 0.392. The van der Waals surface area contributed by atoms with Crippen molar-refractivity contribution in [2.24, 2.45) is 0 Å². The number of benzene rings is 2. The summed E-state index contributed by atoms with van der Waals surface area (Å²) in [7, 11) is 0. The third-order valence-corrected chi connectivity index (χ3v) is 3.19. The minimum absolute atomic E-state index is 0.00801. The maximum atomic E-state index is 12.6. The van der Waals surface area contributed by atoms with Crippen LogP contribution in [-0.2, 0) is 11.0 Å². The van der Waals surface area contributed by atoms with Gasteiger partial charge >= 0.3 is 12.1 Å². The highest BCUT2D eigenvalue weighted by atomic mass is 19.4. The van der Waals surface area contributed by atoms with Gasteiger partial charge in [-0.05, 0) is 29.8 Å². The Labute approximate surface area is 133 Å². The molecule has 0 unspecified atom stereocenters. The zero-order valence-electron chi connectivity index (χ0n) is 11.9. The van der Waals surface area contributed by atoms with Gasteiger partial charge in [-0.15, -0.1) is 0 Å². The van der Waals surface area contributed by atoms with E-state index in [-0.39, 0.29) is 22.4 Å². The number of nitrogens with zero attached hydrogens (tertiary/aromatic N) is 1. The maximum absolute atomic E-state index is 12.6. The average Bonchev–Trinajstić information content (AvgIpc) is 2.52. The van der Waals surface area contributed by atoms with E-state index in [2.05, 4.69) is 0 Å². The fourth-order valence-electron chi connectivity index (χ4n) is 2.04. The van der Waals surface area contributed by atoms with Gasteiger partial charge in [0, 0.05) is 6.07 Å². The van der Waals surface area contributed by atoms with Crippen LogP contribution in [0.3, 0.4) is 0 Å². The molecule has 0 saturated heterocycles. The van der Waals surface area contributed by atoms with Crippen molar-refractivity contribution in [2.45, 2.75) is 6.18 Å². The van der Waals surface area contributed by atoms with Gasteiger partial charge in [-0.2, -0.15) is 13.2 Å². The smallest absolute Gasteiger partial charge is 0.416 e. The highest BCUT2D eigenvalue weighted by Crippen LogP contribution is 2.31. The molecule has 0 aliphatic carbocycles. The second-order valence-corrected chi connectivity index (χ2v) is 4.75. The van der Waals surface area contributed by atoms with E-state index >= 15 is 0 Å². The Hall–Kier alpha value is -3.16. The molecule has 0 heterocycles. The van der Waals surface area contributed by atoms with Crippen molar-refractivity contribution in [2.75, 3.05) is 0 Å². The number of carboxylic acid groups (broad SMARTS) is 1. The number of alkyl halides is 3. The first-order chi connectivity index (χ1) is 11.2. The number of rotatable bonds is 4. The Morgan fingerprint density at radius 2 is 1.67 bits per heavy atom. The molecule has 0 fully saturated rings. The number of para-hydroxylation sites is 1. The van der Waals surface area contributed by atoms with Gasteiger partial charge in [0.2, 0.25) is 0 Å². The van der Waals surface area contributed by atoms with Crippen molar-refractivity contribution < 1.29 is 28.0 Å². The Bertz CT molecular complexity index is 811. The van der Waals surface area contributed by atoms with Gasteiger partial charge < -0.3 is 5.11 Å². The van der Waals surface area contributed by atoms with Gasteiger partial charge in [0.15, 0.2) is 0 Å². The molecule has 0 spiro atoms. The molecular formula is C16H10F3NO4. The number of hydrogen-bond acceptors (Lipinski definition) is 3. The van der Waals surface area contributed by atoms with Gasteiger partial charge in [0.1, 0.15) is 0 Å². The van der Waals surface area contributed by atoms with Crippen molar-refractivity contribution in [3.05, 3.63) is 75.3 Å². The van der Waals surface area contributed by atoms with Gasteiger partial charge in [0.05, 0.1) is 21.6 Å². The first-order valence-electron chi connectivity index (χ1n) is 6.56. The molecule has 1 N–H and O–H groups in total. The third-order valence-electron chi connectivity index (χ3n) is 3.19. The fraction of sp³-hybridized carbons (Fsp3) is 0.0625. The van der Waals surface area contributed by atoms with E-state index in [1.54, 1.807) is 0 Å². The standard InChI is InChI=1S/C16H10F3NO4/c17-16(18,19)12-7-5-10(6-8-12)13(15(21)22)9-11-3-1-2-4-14(11)20(23)24/h1-9H,(H,21,22)/b13-9-. The number of carbonyl (C=O) groups is 1. The SMILES string of the molecule is O=C(O)/C(=C\c1ccccc1[N+](=O)[O-])c1ccc(C(F)(F)F)cc1. The van der Waals surface area contributed by atoms with Gasteiger partial charge in [-0.25, -0.2) is 4.79 Å².